The number of H-pyrrole nitrogens is 1. The number of anilines is 1. The summed E-state index contributed by atoms with van der Waals surface area (Å²) in [6.07, 6.45) is 7.65. The van der Waals surface area contributed by atoms with E-state index >= 15 is 0 Å². The first-order chi connectivity index (χ1) is 13.0. The molecule has 1 aliphatic rings. The van der Waals surface area contributed by atoms with Crippen LogP contribution in [0.4, 0.5) is 5.69 Å². The summed E-state index contributed by atoms with van der Waals surface area (Å²) in [5, 5.41) is 2.89. The lowest BCUT2D eigenvalue weighted by atomic mass is 9.94. The van der Waals surface area contributed by atoms with Gasteiger partial charge in [0.25, 0.3) is 5.56 Å². The Labute approximate surface area is 158 Å². The number of carbonyl (C=O) groups is 1. The number of nitrogens with zero attached hydrogens (tertiary/aromatic N) is 2. The molecule has 0 unspecified atom stereocenters. The third-order valence-corrected chi connectivity index (χ3v) is 5.12. The minimum absolute atomic E-state index is 0.150. The molecule has 1 fully saturated rings. The highest BCUT2D eigenvalue weighted by molar-refractivity contribution is 5.91. The number of benzene rings is 1. The number of amides is 1. The molecule has 7 heteroatoms. The Hall–Kier alpha value is -2.67. The lowest BCUT2D eigenvalue weighted by Gasteiger charge is -2.31. The van der Waals surface area contributed by atoms with Crippen molar-refractivity contribution in [1.82, 2.24) is 14.5 Å². The Morgan fingerprint density at radius 1 is 1.19 bits per heavy atom. The lowest BCUT2D eigenvalue weighted by molar-refractivity contribution is -0.116. The van der Waals surface area contributed by atoms with E-state index in [0.717, 1.165) is 17.8 Å². The van der Waals surface area contributed by atoms with Crippen molar-refractivity contribution in [2.45, 2.75) is 51.2 Å². The topological polar surface area (TPSA) is 87.2 Å². The van der Waals surface area contributed by atoms with E-state index in [-0.39, 0.29) is 12.5 Å². The molecule has 144 valence electrons. The van der Waals surface area contributed by atoms with Crippen LogP contribution in [0.3, 0.4) is 0 Å². The quantitative estimate of drug-likeness (QED) is 0.814. The van der Waals surface area contributed by atoms with Gasteiger partial charge in [-0.05, 0) is 31.5 Å². The number of hydrogen-bond donors (Lipinski definition) is 2. The number of aromatic amines is 1. The molecule has 1 aliphatic carbocycles. The molecule has 0 aliphatic heterocycles. The molecule has 3 rings (SSSR count). The maximum atomic E-state index is 12.4. The Balaban J connectivity index is 1.67. The zero-order chi connectivity index (χ0) is 19.2. The van der Waals surface area contributed by atoms with Crippen LogP contribution in [0, 0.1) is 0 Å². The van der Waals surface area contributed by atoms with Gasteiger partial charge in [-0.25, -0.2) is 4.79 Å². The molecule has 1 aromatic carbocycles. The fourth-order valence-electron chi connectivity index (χ4n) is 3.61. The number of para-hydroxylation sites is 1. The maximum absolute atomic E-state index is 12.4. The predicted octanol–water partition coefficient (Wildman–Crippen LogP) is 1.94. The summed E-state index contributed by atoms with van der Waals surface area (Å²) in [5.41, 5.74) is 0.728. The minimum Gasteiger partial charge on any atom is -0.324 e. The van der Waals surface area contributed by atoms with Gasteiger partial charge in [-0.3, -0.25) is 24.0 Å². The molecule has 2 N–H and O–H groups in total. The van der Waals surface area contributed by atoms with Gasteiger partial charge >= 0.3 is 5.69 Å². The third kappa shape index (κ3) is 5.17. The minimum atomic E-state index is -0.594. The second-order valence-corrected chi connectivity index (χ2v) is 7.15. The van der Waals surface area contributed by atoms with Gasteiger partial charge in [0.15, 0.2) is 0 Å². The second-order valence-electron chi connectivity index (χ2n) is 7.15. The van der Waals surface area contributed by atoms with Crippen LogP contribution in [0.15, 0.2) is 46.1 Å². The molecule has 2 aromatic rings. The highest BCUT2D eigenvalue weighted by Crippen LogP contribution is 2.24. The van der Waals surface area contributed by atoms with E-state index < -0.39 is 11.2 Å². The van der Waals surface area contributed by atoms with Gasteiger partial charge in [0.2, 0.25) is 5.91 Å². The molecule has 7 nitrogen and oxygen atoms in total. The van der Waals surface area contributed by atoms with E-state index in [0.29, 0.717) is 6.04 Å². The molecule has 1 saturated carbocycles. The van der Waals surface area contributed by atoms with Crippen LogP contribution in [0.2, 0.25) is 0 Å². The van der Waals surface area contributed by atoms with E-state index in [2.05, 4.69) is 22.2 Å². The number of rotatable bonds is 6. The molecule has 0 bridgehead atoms. The largest absolute Gasteiger partial charge is 0.328 e. The van der Waals surface area contributed by atoms with Crippen LogP contribution in [-0.2, 0) is 17.9 Å². The monoisotopic (exact) mass is 370 g/mol. The average molecular weight is 370 g/mol. The molecular weight excluding hydrogens is 344 g/mol. The molecule has 1 aromatic heterocycles. The lowest BCUT2D eigenvalue weighted by Crippen LogP contribution is -2.34. The molecule has 1 heterocycles. The fourth-order valence-corrected chi connectivity index (χ4v) is 3.61. The van der Waals surface area contributed by atoms with E-state index in [1.807, 2.05) is 24.3 Å². The predicted molar refractivity (Wildman–Crippen MR) is 105 cm³/mol. The van der Waals surface area contributed by atoms with Crippen molar-refractivity contribution in [2.24, 2.45) is 0 Å². The van der Waals surface area contributed by atoms with Crippen molar-refractivity contribution < 1.29 is 4.79 Å². The zero-order valence-corrected chi connectivity index (χ0v) is 15.6. The number of nitrogens with one attached hydrogen (secondary N) is 2. The van der Waals surface area contributed by atoms with E-state index in [1.165, 1.54) is 48.9 Å². The van der Waals surface area contributed by atoms with Gasteiger partial charge in [0, 0.05) is 30.5 Å². The first kappa shape index (κ1) is 19.1. The highest BCUT2D eigenvalue weighted by atomic mass is 16.2. The Morgan fingerprint density at radius 3 is 2.67 bits per heavy atom. The van der Waals surface area contributed by atoms with Gasteiger partial charge in [-0.2, -0.15) is 0 Å². The molecule has 0 radical (unpaired) electrons. The number of hydrogen-bond acceptors (Lipinski definition) is 4. The summed E-state index contributed by atoms with van der Waals surface area (Å²) in [5.74, 6) is -0.308. The Morgan fingerprint density at radius 2 is 1.93 bits per heavy atom. The maximum Gasteiger partial charge on any atom is 0.328 e. The first-order valence-corrected chi connectivity index (χ1v) is 9.41. The first-order valence-electron chi connectivity index (χ1n) is 9.41. The van der Waals surface area contributed by atoms with E-state index in [4.69, 9.17) is 0 Å². The van der Waals surface area contributed by atoms with E-state index in [9.17, 15) is 14.4 Å². The Bertz CT molecular complexity index is 896. The molecule has 27 heavy (non-hydrogen) atoms. The fraction of sp³-hybridized carbons (Fsp3) is 0.450. The summed E-state index contributed by atoms with van der Waals surface area (Å²) < 4.78 is 1.17. The van der Waals surface area contributed by atoms with Crippen molar-refractivity contribution in [2.75, 3.05) is 12.4 Å². The normalized spacial score (nSPS) is 15.0. The molecule has 0 saturated heterocycles. The smallest absolute Gasteiger partial charge is 0.324 e. The molecular formula is C20H26N4O3. The highest BCUT2D eigenvalue weighted by Gasteiger charge is 2.19. The molecule has 1 amide bonds. The van der Waals surface area contributed by atoms with Crippen molar-refractivity contribution in [3.8, 4) is 0 Å². The van der Waals surface area contributed by atoms with Gasteiger partial charge < -0.3 is 5.32 Å². The van der Waals surface area contributed by atoms with E-state index in [1.54, 1.807) is 0 Å². The standard InChI is InChI=1S/C20H26N4O3/c1-23(16-8-3-2-4-9-16)13-15-7-5-6-10-17(15)21-19(26)14-24-12-11-18(25)22-20(24)27/h5-7,10-12,16H,2-4,8-9,13-14H2,1H3,(H,21,26)(H,22,25,27). The summed E-state index contributed by atoms with van der Waals surface area (Å²) in [6, 6.07) is 9.54. The summed E-state index contributed by atoms with van der Waals surface area (Å²) in [6.45, 7) is 0.613. The summed E-state index contributed by atoms with van der Waals surface area (Å²) in [7, 11) is 2.13. The summed E-state index contributed by atoms with van der Waals surface area (Å²) >= 11 is 0. The molecule has 0 spiro atoms. The Kier molecular flexibility index (Phi) is 6.24. The van der Waals surface area contributed by atoms with Crippen LogP contribution in [-0.4, -0.2) is 33.4 Å². The SMILES string of the molecule is CN(Cc1ccccc1NC(=O)Cn1ccc(=O)[nH]c1=O)C1CCCCC1. The third-order valence-electron chi connectivity index (χ3n) is 5.12. The number of carbonyl (C=O) groups excluding carboxylic acids is 1. The van der Waals surface area contributed by atoms with Gasteiger partial charge in [0.1, 0.15) is 6.54 Å². The van der Waals surface area contributed by atoms with Crippen molar-refractivity contribution in [1.29, 1.82) is 0 Å². The van der Waals surface area contributed by atoms with Crippen molar-refractivity contribution in [3.05, 3.63) is 62.9 Å². The van der Waals surface area contributed by atoms with Crippen LogP contribution in [0.1, 0.15) is 37.7 Å². The van der Waals surface area contributed by atoms with Gasteiger partial charge in [-0.1, -0.05) is 37.5 Å². The van der Waals surface area contributed by atoms with Crippen LogP contribution in [0.5, 0.6) is 0 Å². The van der Waals surface area contributed by atoms with Crippen molar-refractivity contribution >= 4 is 11.6 Å². The number of aromatic nitrogens is 2. The van der Waals surface area contributed by atoms with Crippen LogP contribution >= 0.6 is 0 Å². The van der Waals surface area contributed by atoms with Gasteiger partial charge in [-0.15, -0.1) is 0 Å². The van der Waals surface area contributed by atoms with Crippen molar-refractivity contribution in [3.63, 3.8) is 0 Å². The van der Waals surface area contributed by atoms with Gasteiger partial charge in [0.05, 0.1) is 0 Å². The average Bonchev–Trinajstić information content (AvgIpc) is 2.66. The zero-order valence-electron chi connectivity index (χ0n) is 15.6. The molecule has 0 atom stereocenters. The van der Waals surface area contributed by atoms with Crippen LogP contribution < -0.4 is 16.6 Å². The second kappa shape index (κ2) is 8.81. The summed E-state index contributed by atoms with van der Waals surface area (Å²) in [4.78, 5) is 39.7. The van der Waals surface area contributed by atoms with Crippen LogP contribution in [0.25, 0.3) is 0 Å².